The highest BCUT2D eigenvalue weighted by molar-refractivity contribution is 5.74. The highest BCUT2D eigenvalue weighted by atomic mass is 16.7. The van der Waals surface area contributed by atoms with Gasteiger partial charge >= 0.3 is 23.9 Å². The molecular formula is C67H120O12. The van der Waals surface area contributed by atoms with Crippen molar-refractivity contribution in [1.82, 2.24) is 0 Å². The molecule has 0 radical (unpaired) electrons. The fourth-order valence-corrected chi connectivity index (χ4v) is 10.1. The Balaban J connectivity index is 2.60. The van der Waals surface area contributed by atoms with Crippen LogP contribution in [0.15, 0.2) is 36.5 Å². The summed E-state index contributed by atoms with van der Waals surface area (Å²) in [6, 6.07) is 0. The lowest BCUT2D eigenvalue weighted by atomic mass is 9.98. The van der Waals surface area contributed by atoms with Crippen LogP contribution in [0.5, 0.6) is 0 Å². The topological polar surface area (TPSA) is 175 Å². The van der Waals surface area contributed by atoms with Crippen molar-refractivity contribution in [2.45, 2.75) is 353 Å². The van der Waals surface area contributed by atoms with Crippen LogP contribution in [0.2, 0.25) is 0 Å². The third kappa shape index (κ3) is 45.2. The Morgan fingerprint density at radius 2 is 0.759 bits per heavy atom. The molecule has 0 spiro atoms. The third-order valence-corrected chi connectivity index (χ3v) is 15.2. The number of ether oxygens (including phenoxy) is 5. The van der Waals surface area contributed by atoms with Crippen molar-refractivity contribution in [3.63, 3.8) is 0 Å². The van der Waals surface area contributed by atoms with Crippen LogP contribution in [0, 0.1) is 0 Å². The predicted molar refractivity (Wildman–Crippen MR) is 322 cm³/mol. The molecule has 6 unspecified atom stereocenters. The highest BCUT2D eigenvalue weighted by Crippen LogP contribution is 2.27. The molecule has 460 valence electrons. The van der Waals surface area contributed by atoms with Crippen LogP contribution in [0.3, 0.4) is 0 Å². The second-order valence-corrected chi connectivity index (χ2v) is 22.8. The van der Waals surface area contributed by atoms with Gasteiger partial charge in [-0.2, -0.15) is 0 Å². The summed E-state index contributed by atoms with van der Waals surface area (Å²) in [5.41, 5.74) is 0. The summed E-state index contributed by atoms with van der Waals surface area (Å²) in [6.07, 6.45) is 53.9. The lowest BCUT2D eigenvalue weighted by molar-refractivity contribution is -0.301. The molecule has 12 heteroatoms. The van der Waals surface area contributed by atoms with Gasteiger partial charge in [-0.25, -0.2) is 4.79 Å². The van der Waals surface area contributed by atoms with E-state index in [1.54, 1.807) is 0 Å². The van der Waals surface area contributed by atoms with E-state index in [4.69, 9.17) is 23.7 Å². The Morgan fingerprint density at radius 3 is 1.18 bits per heavy atom. The van der Waals surface area contributed by atoms with Gasteiger partial charge in [0.15, 0.2) is 24.6 Å². The predicted octanol–water partition coefficient (Wildman–Crippen LogP) is 17.6. The molecule has 6 atom stereocenters. The Kier molecular flexibility index (Phi) is 51.9. The lowest BCUT2D eigenvalue weighted by Crippen LogP contribution is -2.61. The van der Waals surface area contributed by atoms with E-state index in [0.29, 0.717) is 19.3 Å². The van der Waals surface area contributed by atoms with Crippen molar-refractivity contribution in [2.24, 2.45) is 0 Å². The quantitative estimate of drug-likeness (QED) is 0.0228. The molecule has 1 rings (SSSR count). The van der Waals surface area contributed by atoms with Crippen LogP contribution >= 0.6 is 0 Å². The van der Waals surface area contributed by atoms with Gasteiger partial charge in [0.2, 0.25) is 0 Å². The first-order valence-electron chi connectivity index (χ1n) is 33.0. The molecular weight excluding hydrogens is 997 g/mol. The van der Waals surface area contributed by atoms with Gasteiger partial charge in [-0.05, 0) is 57.8 Å². The molecule has 12 nitrogen and oxygen atoms in total. The number of carbonyl (C=O) groups is 4. The van der Waals surface area contributed by atoms with E-state index in [2.05, 4.69) is 57.2 Å². The Hall–Kier alpha value is -3.06. The Morgan fingerprint density at radius 1 is 0.418 bits per heavy atom. The van der Waals surface area contributed by atoms with Gasteiger partial charge in [0, 0.05) is 19.3 Å². The minimum atomic E-state index is -1.90. The van der Waals surface area contributed by atoms with E-state index in [9.17, 15) is 34.5 Å². The van der Waals surface area contributed by atoms with Crippen LogP contribution in [-0.4, -0.2) is 89.2 Å². The lowest BCUT2D eigenvalue weighted by Gasteiger charge is -2.40. The van der Waals surface area contributed by atoms with Crippen LogP contribution < -0.4 is 0 Å². The number of hydrogen-bond donors (Lipinski definition) is 3. The summed E-state index contributed by atoms with van der Waals surface area (Å²) >= 11 is 0. The van der Waals surface area contributed by atoms with E-state index in [1.165, 1.54) is 167 Å². The van der Waals surface area contributed by atoms with Crippen molar-refractivity contribution in [1.29, 1.82) is 0 Å². The first-order chi connectivity index (χ1) is 38.6. The number of carboxylic acid groups (broad SMARTS) is 1. The Bertz CT molecular complexity index is 1510. The van der Waals surface area contributed by atoms with Gasteiger partial charge in [0.25, 0.3) is 0 Å². The normalized spacial score (nSPS) is 18.0. The third-order valence-electron chi connectivity index (χ3n) is 15.2. The summed E-state index contributed by atoms with van der Waals surface area (Å²) in [5.74, 6) is -3.10. The molecule has 0 aromatic heterocycles. The zero-order valence-corrected chi connectivity index (χ0v) is 50.9. The fraction of sp³-hybridized carbons (Fsp3) is 0.851. The monoisotopic (exact) mass is 1120 g/mol. The number of aliphatic hydroxyl groups is 2. The van der Waals surface area contributed by atoms with Crippen molar-refractivity contribution in [3.05, 3.63) is 36.5 Å². The smallest absolute Gasteiger partial charge is 0.335 e. The molecule has 79 heavy (non-hydrogen) atoms. The second kappa shape index (κ2) is 55.5. The van der Waals surface area contributed by atoms with Crippen molar-refractivity contribution in [3.8, 4) is 0 Å². The van der Waals surface area contributed by atoms with Crippen LogP contribution in [0.4, 0.5) is 0 Å². The summed E-state index contributed by atoms with van der Waals surface area (Å²) in [5, 5.41) is 31.6. The molecule has 0 aromatic carbocycles. The second-order valence-electron chi connectivity index (χ2n) is 22.8. The SMILES string of the molecule is CCCCC/C=C\C/C=C\C/C=C\CCCCCCCCC(=O)OC1C(OCC(COC(=O)CCCCCCCCCCCCCCCCCCCCC)OC(=O)CCCCCCCCCCCCC)OC(C(=O)O)C(O)C1O. The van der Waals surface area contributed by atoms with Crippen molar-refractivity contribution < 1.29 is 58.2 Å². The molecule has 0 aliphatic carbocycles. The molecule has 1 saturated heterocycles. The maximum absolute atomic E-state index is 13.1. The van der Waals surface area contributed by atoms with Gasteiger partial charge < -0.3 is 39.0 Å². The molecule has 0 amide bonds. The van der Waals surface area contributed by atoms with Crippen LogP contribution in [0.1, 0.15) is 316 Å². The Labute approximate surface area is 482 Å². The number of allylic oxidation sites excluding steroid dienone is 6. The molecule has 3 N–H and O–H groups in total. The zero-order valence-electron chi connectivity index (χ0n) is 50.9. The van der Waals surface area contributed by atoms with Gasteiger partial charge in [-0.1, -0.05) is 276 Å². The average Bonchev–Trinajstić information content (AvgIpc) is 3.43. The first kappa shape index (κ1) is 74.0. The standard InChI is InChI=1S/C67H120O12/c1-4-7-10-13-16-19-22-24-26-28-30-32-34-36-39-41-44-47-50-53-59(68)75-56-58(77-60(69)54-51-48-45-42-38-21-18-15-12-9-6-3)57-76-67-65(63(72)62(71)64(79-67)66(73)74)78-61(70)55-52-49-46-43-40-37-35-33-31-29-27-25-23-20-17-14-11-8-5-2/h17,20,25,27,31,33,58,62-65,67,71-72H,4-16,18-19,21-24,26,28-30,32,34-57H2,1-3H3,(H,73,74)/b20-17-,27-25-,33-31-. The maximum atomic E-state index is 13.1. The summed E-state index contributed by atoms with van der Waals surface area (Å²) in [6.45, 7) is 6.00. The number of hydrogen-bond acceptors (Lipinski definition) is 11. The summed E-state index contributed by atoms with van der Waals surface area (Å²) < 4.78 is 28.5. The van der Waals surface area contributed by atoms with Gasteiger partial charge in [-0.15, -0.1) is 0 Å². The molecule has 0 aromatic rings. The van der Waals surface area contributed by atoms with E-state index in [0.717, 1.165) is 89.9 Å². The first-order valence-corrected chi connectivity index (χ1v) is 33.0. The van der Waals surface area contributed by atoms with Crippen molar-refractivity contribution >= 4 is 23.9 Å². The number of aliphatic hydroxyl groups excluding tert-OH is 2. The number of unbranched alkanes of at least 4 members (excludes halogenated alkanes) is 37. The molecule has 1 heterocycles. The number of esters is 3. The number of carboxylic acids is 1. The average molecular weight is 1120 g/mol. The number of rotatable bonds is 57. The van der Waals surface area contributed by atoms with Gasteiger partial charge in [0.1, 0.15) is 18.8 Å². The minimum Gasteiger partial charge on any atom is -0.479 e. The van der Waals surface area contributed by atoms with Crippen molar-refractivity contribution in [2.75, 3.05) is 13.2 Å². The number of carbonyl (C=O) groups excluding carboxylic acids is 3. The van der Waals surface area contributed by atoms with E-state index in [-0.39, 0.29) is 25.9 Å². The van der Waals surface area contributed by atoms with E-state index < -0.39 is 67.3 Å². The van der Waals surface area contributed by atoms with Gasteiger partial charge in [0.05, 0.1) is 6.61 Å². The van der Waals surface area contributed by atoms with E-state index in [1.807, 2.05) is 0 Å². The number of aliphatic carboxylic acids is 1. The molecule has 1 aliphatic rings. The highest BCUT2D eigenvalue weighted by Gasteiger charge is 2.50. The summed E-state index contributed by atoms with van der Waals surface area (Å²) in [7, 11) is 0. The molecule has 1 fully saturated rings. The maximum Gasteiger partial charge on any atom is 0.335 e. The molecule has 0 saturated carbocycles. The molecule has 0 bridgehead atoms. The molecule has 1 aliphatic heterocycles. The van der Waals surface area contributed by atoms with E-state index >= 15 is 0 Å². The van der Waals surface area contributed by atoms with Gasteiger partial charge in [-0.3, -0.25) is 14.4 Å². The minimum absolute atomic E-state index is 0.0496. The fourth-order valence-electron chi connectivity index (χ4n) is 10.1. The largest absolute Gasteiger partial charge is 0.479 e. The van der Waals surface area contributed by atoms with Crippen LogP contribution in [-0.2, 0) is 42.9 Å². The van der Waals surface area contributed by atoms with Crippen LogP contribution in [0.25, 0.3) is 0 Å². The zero-order chi connectivity index (χ0) is 57.5. The summed E-state index contributed by atoms with van der Waals surface area (Å²) in [4.78, 5) is 51.3.